The highest BCUT2D eigenvalue weighted by molar-refractivity contribution is 5.51. The number of nitrogens with zero attached hydrogens (tertiary/aromatic N) is 1. The van der Waals surface area contributed by atoms with Crippen LogP contribution in [0.4, 0.5) is 5.69 Å². The van der Waals surface area contributed by atoms with Crippen LogP contribution in [-0.4, -0.2) is 25.2 Å². The fraction of sp³-hybridized carbons (Fsp3) is 0.647. The minimum Gasteiger partial charge on any atom is -0.368 e. The van der Waals surface area contributed by atoms with Gasteiger partial charge >= 0.3 is 0 Å². The zero-order valence-corrected chi connectivity index (χ0v) is 13.0. The third kappa shape index (κ3) is 4.24. The van der Waals surface area contributed by atoms with Gasteiger partial charge in [0, 0.05) is 30.9 Å². The van der Waals surface area contributed by atoms with Gasteiger partial charge in [-0.1, -0.05) is 46.8 Å². The van der Waals surface area contributed by atoms with Crippen LogP contribution in [0.1, 0.15) is 40.2 Å². The van der Waals surface area contributed by atoms with Gasteiger partial charge in [0.15, 0.2) is 0 Å². The standard InChI is InChI=1S/C17H28N2/c1-13(2)18-15-11-19(12-15)16-8-6-7-14(9-16)10-17(3,4)5/h6-9,13,15,18H,10-12H2,1-5H3. The number of benzene rings is 1. The van der Waals surface area contributed by atoms with Crippen LogP contribution >= 0.6 is 0 Å². The fourth-order valence-electron chi connectivity index (χ4n) is 2.74. The van der Waals surface area contributed by atoms with E-state index in [0.717, 1.165) is 19.5 Å². The third-order valence-electron chi connectivity index (χ3n) is 3.46. The van der Waals surface area contributed by atoms with Gasteiger partial charge < -0.3 is 10.2 Å². The summed E-state index contributed by atoms with van der Waals surface area (Å²) in [5.74, 6) is 0. The molecule has 1 aromatic rings. The van der Waals surface area contributed by atoms with Gasteiger partial charge in [-0.2, -0.15) is 0 Å². The Morgan fingerprint density at radius 1 is 1.26 bits per heavy atom. The van der Waals surface area contributed by atoms with Gasteiger partial charge in [-0.3, -0.25) is 0 Å². The van der Waals surface area contributed by atoms with Gasteiger partial charge in [-0.15, -0.1) is 0 Å². The highest BCUT2D eigenvalue weighted by Gasteiger charge is 2.27. The second kappa shape index (κ2) is 5.54. The van der Waals surface area contributed by atoms with Crippen molar-refractivity contribution in [3.8, 4) is 0 Å². The Morgan fingerprint density at radius 2 is 1.95 bits per heavy atom. The van der Waals surface area contributed by atoms with Crippen molar-refractivity contribution in [2.24, 2.45) is 5.41 Å². The lowest BCUT2D eigenvalue weighted by Gasteiger charge is -2.42. The molecule has 2 rings (SSSR count). The monoisotopic (exact) mass is 260 g/mol. The molecule has 0 aliphatic carbocycles. The van der Waals surface area contributed by atoms with Crippen molar-refractivity contribution in [3.63, 3.8) is 0 Å². The minimum atomic E-state index is 0.356. The van der Waals surface area contributed by atoms with E-state index in [-0.39, 0.29) is 0 Å². The Labute approximate surface area is 118 Å². The Morgan fingerprint density at radius 3 is 2.53 bits per heavy atom. The molecule has 106 valence electrons. The van der Waals surface area contributed by atoms with E-state index in [4.69, 9.17) is 0 Å². The summed E-state index contributed by atoms with van der Waals surface area (Å²) in [7, 11) is 0. The van der Waals surface area contributed by atoms with E-state index in [1.54, 1.807) is 0 Å². The van der Waals surface area contributed by atoms with Gasteiger partial charge in [0.1, 0.15) is 0 Å². The first kappa shape index (κ1) is 14.4. The summed E-state index contributed by atoms with van der Waals surface area (Å²) in [4.78, 5) is 2.46. The number of hydrogen-bond acceptors (Lipinski definition) is 2. The molecule has 1 aromatic carbocycles. The van der Waals surface area contributed by atoms with Crippen LogP contribution in [0.15, 0.2) is 24.3 Å². The largest absolute Gasteiger partial charge is 0.368 e. The van der Waals surface area contributed by atoms with Gasteiger partial charge in [-0.25, -0.2) is 0 Å². The first-order valence-electron chi connectivity index (χ1n) is 7.43. The van der Waals surface area contributed by atoms with E-state index < -0.39 is 0 Å². The van der Waals surface area contributed by atoms with Crippen molar-refractivity contribution in [2.45, 2.75) is 53.1 Å². The van der Waals surface area contributed by atoms with Crippen molar-refractivity contribution < 1.29 is 0 Å². The Balaban J connectivity index is 1.94. The van der Waals surface area contributed by atoms with E-state index in [0.29, 0.717) is 17.5 Å². The molecule has 0 aromatic heterocycles. The van der Waals surface area contributed by atoms with Gasteiger partial charge in [0.05, 0.1) is 0 Å². The van der Waals surface area contributed by atoms with Crippen LogP contribution in [0.5, 0.6) is 0 Å². The van der Waals surface area contributed by atoms with Crippen LogP contribution in [0.3, 0.4) is 0 Å². The molecule has 0 saturated carbocycles. The van der Waals surface area contributed by atoms with E-state index >= 15 is 0 Å². The summed E-state index contributed by atoms with van der Waals surface area (Å²) in [5, 5.41) is 3.59. The van der Waals surface area contributed by atoms with Crippen molar-refractivity contribution in [1.29, 1.82) is 0 Å². The molecule has 1 heterocycles. The summed E-state index contributed by atoms with van der Waals surface area (Å²) in [6.07, 6.45) is 1.14. The molecule has 1 saturated heterocycles. The summed E-state index contributed by atoms with van der Waals surface area (Å²) in [6.45, 7) is 13.6. The maximum absolute atomic E-state index is 3.59. The number of hydrogen-bond donors (Lipinski definition) is 1. The van der Waals surface area contributed by atoms with E-state index in [2.05, 4.69) is 69.1 Å². The maximum atomic E-state index is 3.59. The Bertz CT molecular complexity index is 412. The zero-order valence-electron chi connectivity index (χ0n) is 13.0. The number of rotatable bonds is 4. The molecular weight excluding hydrogens is 232 g/mol. The van der Waals surface area contributed by atoms with Crippen LogP contribution < -0.4 is 10.2 Å². The van der Waals surface area contributed by atoms with Crippen molar-refractivity contribution >= 4 is 5.69 Å². The lowest BCUT2D eigenvalue weighted by molar-refractivity contribution is 0.389. The molecule has 2 nitrogen and oxygen atoms in total. The second-order valence-electron chi connectivity index (χ2n) is 7.33. The highest BCUT2D eigenvalue weighted by Crippen LogP contribution is 2.26. The molecule has 0 atom stereocenters. The van der Waals surface area contributed by atoms with E-state index in [1.807, 2.05) is 0 Å². The molecule has 0 spiro atoms. The molecular formula is C17H28N2. The summed E-state index contributed by atoms with van der Waals surface area (Å²) in [5.41, 5.74) is 3.18. The molecule has 1 fully saturated rings. The zero-order chi connectivity index (χ0) is 14.0. The third-order valence-corrected chi connectivity index (χ3v) is 3.46. The van der Waals surface area contributed by atoms with Crippen LogP contribution in [0.2, 0.25) is 0 Å². The Hall–Kier alpha value is -1.02. The summed E-state index contributed by atoms with van der Waals surface area (Å²) in [6, 6.07) is 10.3. The average molecular weight is 260 g/mol. The SMILES string of the molecule is CC(C)NC1CN(c2cccc(CC(C)(C)C)c2)C1. The number of anilines is 1. The molecule has 1 N–H and O–H groups in total. The highest BCUT2D eigenvalue weighted by atomic mass is 15.3. The molecule has 1 aliphatic heterocycles. The van der Waals surface area contributed by atoms with Crippen molar-refractivity contribution in [1.82, 2.24) is 5.32 Å². The molecule has 0 unspecified atom stereocenters. The lowest BCUT2D eigenvalue weighted by atomic mass is 9.88. The molecule has 1 aliphatic rings. The average Bonchev–Trinajstić information content (AvgIpc) is 2.20. The topological polar surface area (TPSA) is 15.3 Å². The van der Waals surface area contributed by atoms with Gasteiger partial charge in [-0.05, 0) is 29.5 Å². The smallest absolute Gasteiger partial charge is 0.0422 e. The molecule has 0 bridgehead atoms. The predicted molar refractivity (Wildman–Crippen MR) is 83.9 cm³/mol. The Kier molecular flexibility index (Phi) is 4.19. The van der Waals surface area contributed by atoms with Gasteiger partial charge in [0.25, 0.3) is 0 Å². The quantitative estimate of drug-likeness (QED) is 0.892. The van der Waals surface area contributed by atoms with Crippen molar-refractivity contribution in [3.05, 3.63) is 29.8 Å². The summed E-state index contributed by atoms with van der Waals surface area (Å²) >= 11 is 0. The molecule has 0 amide bonds. The maximum Gasteiger partial charge on any atom is 0.0422 e. The van der Waals surface area contributed by atoms with Crippen LogP contribution in [0.25, 0.3) is 0 Å². The first-order chi connectivity index (χ1) is 8.83. The summed E-state index contributed by atoms with van der Waals surface area (Å²) < 4.78 is 0. The predicted octanol–water partition coefficient (Wildman–Crippen LogP) is 3.46. The number of nitrogens with one attached hydrogen (secondary N) is 1. The fourth-order valence-corrected chi connectivity index (χ4v) is 2.74. The van der Waals surface area contributed by atoms with Crippen LogP contribution in [-0.2, 0) is 6.42 Å². The van der Waals surface area contributed by atoms with E-state index in [9.17, 15) is 0 Å². The van der Waals surface area contributed by atoms with Gasteiger partial charge in [0.2, 0.25) is 0 Å². The lowest BCUT2D eigenvalue weighted by Crippen LogP contribution is -2.59. The van der Waals surface area contributed by atoms with E-state index in [1.165, 1.54) is 11.3 Å². The van der Waals surface area contributed by atoms with Crippen molar-refractivity contribution in [2.75, 3.05) is 18.0 Å². The minimum absolute atomic E-state index is 0.356. The molecule has 2 heteroatoms. The van der Waals surface area contributed by atoms with Crippen LogP contribution in [0, 0.1) is 5.41 Å². The normalized spacial score (nSPS) is 16.8. The molecule has 19 heavy (non-hydrogen) atoms. The molecule has 0 radical (unpaired) electrons. The first-order valence-corrected chi connectivity index (χ1v) is 7.43. The second-order valence-corrected chi connectivity index (χ2v) is 7.33.